The standard InChI is InChI=1S/C62H121NO8/c1-3-5-7-9-11-13-15-17-19-21-22-23-24-25-26-27-28-29-30-31-32-33-34-35-36-38-40-42-44-46-48-50-52-58(66)63-55(54-70-62-61(69)60(68)59(67)57(53-64)71-62)56(65)51-49-47-45-43-41-39-37-20-18-16-14-12-10-8-6-4-2/h49,51,55-57,59-62,64-65,67-69H,3-48,50,52-54H2,1-2H3,(H,63,66)/b51-49+/t55-,56+,57+,59-,60?,61?,62+/m0/s1. The summed E-state index contributed by atoms with van der Waals surface area (Å²) in [5.41, 5.74) is 0. The highest BCUT2D eigenvalue weighted by Crippen LogP contribution is 2.23. The van der Waals surface area contributed by atoms with Gasteiger partial charge in [0.1, 0.15) is 24.4 Å². The second kappa shape index (κ2) is 52.4. The first-order chi connectivity index (χ1) is 34.8. The molecular formula is C62H121NO8. The molecule has 1 rings (SSSR count). The summed E-state index contributed by atoms with van der Waals surface area (Å²) in [6.45, 7) is 3.82. The van der Waals surface area contributed by atoms with Gasteiger partial charge in [0.15, 0.2) is 6.29 Å². The molecule has 9 nitrogen and oxygen atoms in total. The minimum Gasteiger partial charge on any atom is -0.394 e. The molecule has 6 N–H and O–H groups in total. The van der Waals surface area contributed by atoms with Crippen molar-refractivity contribution in [2.75, 3.05) is 13.2 Å². The summed E-state index contributed by atoms with van der Waals surface area (Å²) in [7, 11) is 0. The highest BCUT2D eigenvalue weighted by atomic mass is 16.7. The quantitative estimate of drug-likeness (QED) is 0.0261. The molecule has 1 aliphatic heterocycles. The molecule has 9 heteroatoms. The van der Waals surface area contributed by atoms with Crippen molar-refractivity contribution in [3.05, 3.63) is 12.2 Å². The van der Waals surface area contributed by atoms with Crippen LogP contribution < -0.4 is 5.32 Å². The predicted molar refractivity (Wildman–Crippen MR) is 300 cm³/mol. The number of carbonyl (C=O) groups is 1. The lowest BCUT2D eigenvalue weighted by atomic mass is 9.99. The van der Waals surface area contributed by atoms with Crippen LogP contribution in [0.5, 0.6) is 0 Å². The molecule has 0 spiro atoms. The number of allylic oxidation sites excluding steroid dienone is 1. The second-order valence-electron chi connectivity index (χ2n) is 22.2. The van der Waals surface area contributed by atoms with Crippen molar-refractivity contribution < 1.29 is 39.8 Å². The smallest absolute Gasteiger partial charge is 0.220 e. The van der Waals surface area contributed by atoms with Gasteiger partial charge < -0.3 is 40.3 Å². The minimum atomic E-state index is -1.56. The highest BCUT2D eigenvalue weighted by Gasteiger charge is 2.44. The summed E-state index contributed by atoms with van der Waals surface area (Å²) in [5, 5.41) is 54.5. The van der Waals surface area contributed by atoms with Crippen molar-refractivity contribution in [2.45, 2.75) is 365 Å². The van der Waals surface area contributed by atoms with E-state index in [1.165, 1.54) is 263 Å². The Morgan fingerprint density at radius 2 is 0.775 bits per heavy atom. The Morgan fingerprint density at radius 1 is 0.465 bits per heavy atom. The molecule has 0 aromatic rings. The van der Waals surface area contributed by atoms with Crippen LogP contribution in [0.15, 0.2) is 12.2 Å². The van der Waals surface area contributed by atoms with Crippen LogP contribution in [0.2, 0.25) is 0 Å². The zero-order valence-corrected chi connectivity index (χ0v) is 47.0. The molecule has 0 aromatic carbocycles. The van der Waals surface area contributed by atoms with E-state index in [2.05, 4.69) is 19.2 Å². The van der Waals surface area contributed by atoms with Crippen LogP contribution in [-0.4, -0.2) is 87.5 Å². The Balaban J connectivity index is 2.10. The van der Waals surface area contributed by atoms with Gasteiger partial charge in [0, 0.05) is 6.42 Å². The third kappa shape index (κ3) is 41.8. The first-order valence-electron chi connectivity index (χ1n) is 31.4. The van der Waals surface area contributed by atoms with Crippen molar-refractivity contribution in [2.24, 2.45) is 0 Å². The number of hydrogen-bond donors (Lipinski definition) is 6. The van der Waals surface area contributed by atoms with E-state index in [0.717, 1.165) is 38.5 Å². The Morgan fingerprint density at radius 3 is 1.10 bits per heavy atom. The molecule has 0 radical (unpaired) electrons. The van der Waals surface area contributed by atoms with E-state index in [4.69, 9.17) is 9.47 Å². The third-order valence-corrected chi connectivity index (χ3v) is 15.4. The maximum Gasteiger partial charge on any atom is 0.220 e. The van der Waals surface area contributed by atoms with Crippen LogP contribution in [0.3, 0.4) is 0 Å². The summed E-state index contributed by atoms with van der Waals surface area (Å²) in [5.74, 6) is -0.169. The second-order valence-corrected chi connectivity index (χ2v) is 22.2. The summed E-state index contributed by atoms with van der Waals surface area (Å²) < 4.78 is 11.3. The predicted octanol–water partition coefficient (Wildman–Crippen LogP) is 16.0. The zero-order valence-electron chi connectivity index (χ0n) is 47.0. The lowest BCUT2D eigenvalue weighted by molar-refractivity contribution is -0.302. The van der Waals surface area contributed by atoms with Gasteiger partial charge in [0.25, 0.3) is 0 Å². The lowest BCUT2D eigenvalue weighted by Gasteiger charge is -2.40. The van der Waals surface area contributed by atoms with Crippen molar-refractivity contribution in [1.82, 2.24) is 5.32 Å². The zero-order chi connectivity index (χ0) is 51.5. The average Bonchev–Trinajstić information content (AvgIpc) is 3.37. The first kappa shape index (κ1) is 67.9. The van der Waals surface area contributed by atoms with E-state index < -0.39 is 49.5 Å². The largest absolute Gasteiger partial charge is 0.394 e. The Labute approximate surface area is 439 Å². The topological polar surface area (TPSA) is 149 Å². The molecule has 2 unspecified atom stereocenters. The molecule has 422 valence electrons. The number of aliphatic hydroxyl groups is 5. The van der Waals surface area contributed by atoms with Crippen molar-refractivity contribution in [3.8, 4) is 0 Å². The number of hydrogen-bond acceptors (Lipinski definition) is 8. The fourth-order valence-electron chi connectivity index (χ4n) is 10.4. The maximum atomic E-state index is 13.1. The third-order valence-electron chi connectivity index (χ3n) is 15.4. The normalized spacial score (nSPS) is 19.2. The number of amides is 1. The van der Waals surface area contributed by atoms with Crippen LogP contribution in [0, 0.1) is 0 Å². The van der Waals surface area contributed by atoms with Crippen LogP contribution in [-0.2, 0) is 14.3 Å². The van der Waals surface area contributed by atoms with Gasteiger partial charge in [-0.15, -0.1) is 0 Å². The van der Waals surface area contributed by atoms with E-state index in [9.17, 15) is 30.3 Å². The average molecular weight is 1010 g/mol. The molecule has 1 fully saturated rings. The van der Waals surface area contributed by atoms with Crippen LogP contribution in [0.4, 0.5) is 0 Å². The van der Waals surface area contributed by atoms with E-state index in [0.29, 0.717) is 6.42 Å². The van der Waals surface area contributed by atoms with Crippen LogP contribution in [0.25, 0.3) is 0 Å². The van der Waals surface area contributed by atoms with Gasteiger partial charge in [-0.05, 0) is 19.3 Å². The maximum absolute atomic E-state index is 13.1. The van der Waals surface area contributed by atoms with E-state index in [-0.39, 0.29) is 12.5 Å². The van der Waals surface area contributed by atoms with Gasteiger partial charge in [-0.2, -0.15) is 0 Å². The number of rotatable bonds is 55. The van der Waals surface area contributed by atoms with Crippen LogP contribution in [0.1, 0.15) is 322 Å². The summed E-state index contributed by atoms with van der Waals surface area (Å²) in [6.07, 6.45) is 58.8. The van der Waals surface area contributed by atoms with Crippen LogP contribution >= 0.6 is 0 Å². The van der Waals surface area contributed by atoms with E-state index >= 15 is 0 Å². The van der Waals surface area contributed by atoms with Crippen molar-refractivity contribution >= 4 is 5.91 Å². The van der Waals surface area contributed by atoms with E-state index in [1.54, 1.807) is 6.08 Å². The molecule has 1 aliphatic rings. The monoisotopic (exact) mass is 1010 g/mol. The summed E-state index contributed by atoms with van der Waals surface area (Å²) >= 11 is 0. The fraction of sp³-hybridized carbons (Fsp3) is 0.952. The minimum absolute atomic E-state index is 0.169. The molecule has 1 amide bonds. The number of unbranched alkanes of at least 4 members (excludes halogenated alkanes) is 45. The Hall–Kier alpha value is -1.07. The molecule has 7 atom stereocenters. The first-order valence-corrected chi connectivity index (χ1v) is 31.4. The lowest BCUT2D eigenvalue weighted by Crippen LogP contribution is -2.60. The fourth-order valence-corrected chi connectivity index (χ4v) is 10.4. The molecular weight excluding hydrogens is 887 g/mol. The van der Waals surface area contributed by atoms with Gasteiger partial charge in [0.2, 0.25) is 5.91 Å². The van der Waals surface area contributed by atoms with Gasteiger partial charge in [-0.3, -0.25) is 4.79 Å². The van der Waals surface area contributed by atoms with Gasteiger partial charge >= 0.3 is 0 Å². The van der Waals surface area contributed by atoms with Gasteiger partial charge in [0.05, 0.1) is 25.4 Å². The number of nitrogens with one attached hydrogen (secondary N) is 1. The summed E-state index contributed by atoms with van der Waals surface area (Å²) in [4.78, 5) is 13.1. The SMILES string of the molecule is CCCCCCCCCCCCCCCC/C=C/[C@@H](O)[C@H](CO[C@@H]1O[C@H](CO)[C@H](O)C(O)C1O)NC(=O)CCCCCCCCCCCCCCCCCCCCCCCCCCCCCCCCCC. The number of carbonyl (C=O) groups excluding carboxylic acids is 1. The van der Waals surface area contributed by atoms with Gasteiger partial charge in [-0.1, -0.05) is 309 Å². The van der Waals surface area contributed by atoms with E-state index in [1.807, 2.05) is 6.08 Å². The Bertz CT molecular complexity index is 1120. The molecule has 0 saturated carbocycles. The van der Waals surface area contributed by atoms with Gasteiger partial charge in [-0.25, -0.2) is 0 Å². The molecule has 0 aliphatic carbocycles. The number of ether oxygens (including phenoxy) is 2. The molecule has 71 heavy (non-hydrogen) atoms. The molecule has 1 heterocycles. The molecule has 0 aromatic heterocycles. The van der Waals surface area contributed by atoms with Crippen molar-refractivity contribution in [1.29, 1.82) is 0 Å². The highest BCUT2D eigenvalue weighted by molar-refractivity contribution is 5.76. The molecule has 0 bridgehead atoms. The van der Waals surface area contributed by atoms with Crippen molar-refractivity contribution in [3.63, 3.8) is 0 Å². The molecule has 1 saturated heterocycles. The Kier molecular flexibility index (Phi) is 50.1. The number of aliphatic hydroxyl groups excluding tert-OH is 5. The summed E-state index contributed by atoms with van der Waals surface area (Å²) in [6, 6.07) is -0.800.